The summed E-state index contributed by atoms with van der Waals surface area (Å²) < 4.78 is 0. The maximum absolute atomic E-state index is 8.85. The van der Waals surface area contributed by atoms with Gasteiger partial charge >= 0.3 is 0 Å². The number of hydrogen-bond acceptors (Lipinski definition) is 4. The highest BCUT2D eigenvalue weighted by molar-refractivity contribution is 7.07. The van der Waals surface area contributed by atoms with Crippen molar-refractivity contribution in [3.05, 3.63) is 16.6 Å². The van der Waals surface area contributed by atoms with Crippen LogP contribution < -0.4 is 0 Å². The molecule has 0 aliphatic rings. The number of thiazole rings is 1. The van der Waals surface area contributed by atoms with Gasteiger partial charge in [-0.15, -0.1) is 11.3 Å². The molecule has 0 fully saturated rings. The largest absolute Gasteiger partial charge is 0.395 e. The van der Waals surface area contributed by atoms with E-state index in [0.29, 0.717) is 6.04 Å². The van der Waals surface area contributed by atoms with Crippen LogP contribution in [0.3, 0.4) is 0 Å². The molecule has 74 valence electrons. The Balaban J connectivity index is 2.47. The van der Waals surface area contributed by atoms with Crippen molar-refractivity contribution in [3.63, 3.8) is 0 Å². The highest BCUT2D eigenvalue weighted by Gasteiger charge is 2.09. The highest BCUT2D eigenvalue weighted by Crippen LogP contribution is 2.07. The Morgan fingerprint density at radius 3 is 2.85 bits per heavy atom. The Morgan fingerprint density at radius 1 is 1.62 bits per heavy atom. The van der Waals surface area contributed by atoms with Crippen molar-refractivity contribution in [2.45, 2.75) is 26.4 Å². The minimum Gasteiger partial charge on any atom is -0.395 e. The van der Waals surface area contributed by atoms with E-state index in [0.717, 1.165) is 18.8 Å². The van der Waals surface area contributed by atoms with Gasteiger partial charge in [-0.05, 0) is 13.8 Å². The Labute approximate surface area is 83.0 Å². The monoisotopic (exact) mass is 200 g/mol. The molecule has 1 heterocycles. The lowest BCUT2D eigenvalue weighted by Crippen LogP contribution is -2.32. The summed E-state index contributed by atoms with van der Waals surface area (Å²) in [5.41, 5.74) is 2.93. The van der Waals surface area contributed by atoms with E-state index in [1.54, 1.807) is 11.3 Å². The second-order valence-corrected chi connectivity index (χ2v) is 3.99. The van der Waals surface area contributed by atoms with Gasteiger partial charge in [0.2, 0.25) is 0 Å². The fourth-order valence-corrected chi connectivity index (χ4v) is 1.72. The predicted octanol–water partition coefficient (Wildman–Crippen LogP) is 1.35. The standard InChI is InChI=1S/C9H16N2OS/c1-8(2)11(3-4-12)5-9-6-13-7-10-9/h6-8,12H,3-5H2,1-2H3. The molecule has 0 aromatic carbocycles. The fraction of sp³-hybridized carbons (Fsp3) is 0.667. The van der Waals surface area contributed by atoms with Crippen LogP contribution in [0.25, 0.3) is 0 Å². The van der Waals surface area contributed by atoms with Gasteiger partial charge in [0, 0.05) is 24.5 Å². The van der Waals surface area contributed by atoms with E-state index in [9.17, 15) is 0 Å². The van der Waals surface area contributed by atoms with Crippen LogP contribution >= 0.6 is 11.3 Å². The predicted molar refractivity (Wildman–Crippen MR) is 54.7 cm³/mol. The molecule has 0 unspecified atom stereocenters. The molecule has 1 N–H and O–H groups in total. The molecule has 0 radical (unpaired) electrons. The van der Waals surface area contributed by atoms with Gasteiger partial charge in [0.25, 0.3) is 0 Å². The van der Waals surface area contributed by atoms with Crippen LogP contribution in [0, 0.1) is 0 Å². The minimum atomic E-state index is 0.211. The van der Waals surface area contributed by atoms with Gasteiger partial charge < -0.3 is 5.11 Å². The summed E-state index contributed by atoms with van der Waals surface area (Å²) in [5.74, 6) is 0. The first-order chi connectivity index (χ1) is 6.24. The van der Waals surface area contributed by atoms with Crippen LogP contribution in [0.5, 0.6) is 0 Å². The Morgan fingerprint density at radius 2 is 2.38 bits per heavy atom. The average Bonchev–Trinajstić information content (AvgIpc) is 2.56. The summed E-state index contributed by atoms with van der Waals surface area (Å²) in [7, 11) is 0. The molecule has 0 aliphatic carbocycles. The first kappa shape index (κ1) is 10.6. The summed E-state index contributed by atoms with van der Waals surface area (Å²) >= 11 is 1.61. The van der Waals surface area contributed by atoms with E-state index in [1.807, 2.05) is 10.9 Å². The average molecular weight is 200 g/mol. The number of aliphatic hydroxyl groups is 1. The van der Waals surface area contributed by atoms with Crippen LogP contribution in [0.15, 0.2) is 10.9 Å². The maximum atomic E-state index is 8.85. The van der Waals surface area contributed by atoms with Crippen LogP contribution in [0.4, 0.5) is 0 Å². The molecule has 0 atom stereocenters. The van der Waals surface area contributed by atoms with Crippen LogP contribution in [-0.4, -0.2) is 34.2 Å². The zero-order valence-corrected chi connectivity index (χ0v) is 8.92. The molecule has 0 spiro atoms. The molecule has 0 amide bonds. The summed E-state index contributed by atoms with van der Waals surface area (Å²) in [6.07, 6.45) is 0. The fourth-order valence-electron chi connectivity index (χ4n) is 1.17. The van der Waals surface area contributed by atoms with Crippen molar-refractivity contribution < 1.29 is 5.11 Å². The highest BCUT2D eigenvalue weighted by atomic mass is 32.1. The van der Waals surface area contributed by atoms with Crippen LogP contribution in [0.2, 0.25) is 0 Å². The summed E-state index contributed by atoms with van der Waals surface area (Å²) in [5, 5.41) is 10.9. The first-order valence-corrected chi connectivity index (χ1v) is 5.40. The smallest absolute Gasteiger partial charge is 0.0795 e. The SMILES string of the molecule is CC(C)N(CCO)Cc1cscn1. The van der Waals surface area contributed by atoms with Gasteiger partial charge in [0.05, 0.1) is 17.8 Å². The molecule has 1 aromatic heterocycles. The van der Waals surface area contributed by atoms with E-state index in [-0.39, 0.29) is 6.61 Å². The molecule has 1 aromatic rings. The minimum absolute atomic E-state index is 0.211. The second kappa shape index (κ2) is 5.32. The molecule has 4 heteroatoms. The molecule has 0 bridgehead atoms. The van der Waals surface area contributed by atoms with Gasteiger partial charge in [-0.25, -0.2) is 4.98 Å². The number of hydrogen-bond donors (Lipinski definition) is 1. The van der Waals surface area contributed by atoms with Crippen molar-refractivity contribution in [1.82, 2.24) is 9.88 Å². The van der Waals surface area contributed by atoms with Gasteiger partial charge in [-0.1, -0.05) is 0 Å². The normalized spacial score (nSPS) is 11.5. The van der Waals surface area contributed by atoms with Gasteiger partial charge in [0.1, 0.15) is 0 Å². The third-order valence-corrected chi connectivity index (χ3v) is 2.60. The van der Waals surface area contributed by atoms with Gasteiger partial charge in [-0.2, -0.15) is 0 Å². The van der Waals surface area contributed by atoms with E-state index >= 15 is 0 Å². The van der Waals surface area contributed by atoms with Crippen molar-refractivity contribution in [1.29, 1.82) is 0 Å². The van der Waals surface area contributed by atoms with Crippen molar-refractivity contribution >= 4 is 11.3 Å². The third-order valence-electron chi connectivity index (χ3n) is 1.97. The Bertz CT molecular complexity index is 224. The van der Waals surface area contributed by atoms with E-state index in [2.05, 4.69) is 23.7 Å². The van der Waals surface area contributed by atoms with Crippen LogP contribution in [0.1, 0.15) is 19.5 Å². The number of rotatable bonds is 5. The molecule has 0 saturated carbocycles. The lowest BCUT2D eigenvalue weighted by atomic mass is 10.3. The van der Waals surface area contributed by atoms with Gasteiger partial charge in [-0.3, -0.25) is 4.90 Å². The Kier molecular flexibility index (Phi) is 4.35. The van der Waals surface area contributed by atoms with E-state index < -0.39 is 0 Å². The first-order valence-electron chi connectivity index (χ1n) is 4.46. The van der Waals surface area contributed by atoms with Crippen molar-refractivity contribution in [3.8, 4) is 0 Å². The zero-order chi connectivity index (χ0) is 9.68. The van der Waals surface area contributed by atoms with Crippen molar-refractivity contribution in [2.24, 2.45) is 0 Å². The van der Waals surface area contributed by atoms with E-state index in [1.165, 1.54) is 0 Å². The number of aromatic nitrogens is 1. The number of aliphatic hydroxyl groups excluding tert-OH is 1. The molecular formula is C9H16N2OS. The maximum Gasteiger partial charge on any atom is 0.0795 e. The summed E-state index contributed by atoms with van der Waals surface area (Å²) in [6.45, 7) is 6.02. The number of nitrogens with zero attached hydrogens (tertiary/aromatic N) is 2. The molecule has 13 heavy (non-hydrogen) atoms. The van der Waals surface area contributed by atoms with Crippen LogP contribution in [-0.2, 0) is 6.54 Å². The molecule has 1 rings (SSSR count). The lowest BCUT2D eigenvalue weighted by molar-refractivity contribution is 0.158. The topological polar surface area (TPSA) is 36.4 Å². The van der Waals surface area contributed by atoms with E-state index in [4.69, 9.17) is 5.11 Å². The molecule has 0 saturated heterocycles. The summed E-state index contributed by atoms with van der Waals surface area (Å²) in [6, 6.07) is 0.453. The second-order valence-electron chi connectivity index (χ2n) is 3.27. The molecular weight excluding hydrogens is 184 g/mol. The zero-order valence-electron chi connectivity index (χ0n) is 8.10. The van der Waals surface area contributed by atoms with Crippen molar-refractivity contribution in [2.75, 3.05) is 13.2 Å². The quantitative estimate of drug-likeness (QED) is 0.779. The molecule has 3 nitrogen and oxygen atoms in total. The molecule has 0 aliphatic heterocycles. The third kappa shape index (κ3) is 3.42. The summed E-state index contributed by atoms with van der Waals surface area (Å²) in [4.78, 5) is 6.42. The lowest BCUT2D eigenvalue weighted by Gasteiger charge is -2.24. The van der Waals surface area contributed by atoms with Gasteiger partial charge in [0.15, 0.2) is 0 Å². The Hall–Kier alpha value is -0.450.